The molecule has 4 aromatic rings. The smallest absolute Gasteiger partial charge is 0.364 e. The van der Waals surface area contributed by atoms with Crippen LogP contribution in [0.1, 0.15) is 25.6 Å². The summed E-state index contributed by atoms with van der Waals surface area (Å²) in [6, 6.07) is 19.8. The van der Waals surface area contributed by atoms with Crippen LogP contribution in [-0.4, -0.2) is 61.9 Å². The van der Waals surface area contributed by atoms with Crippen LogP contribution in [0.3, 0.4) is 0 Å². The first-order valence-electron chi connectivity index (χ1n) is 12.8. The molecule has 6 rings (SSSR count). The number of ether oxygens (including phenoxy) is 4. The molecule has 2 aliphatic heterocycles. The molecule has 0 bridgehead atoms. The van der Waals surface area contributed by atoms with Crippen LogP contribution in [0, 0.1) is 0 Å². The van der Waals surface area contributed by atoms with Gasteiger partial charge in [0.1, 0.15) is 18.3 Å². The lowest BCUT2D eigenvalue weighted by atomic mass is 10.1. The van der Waals surface area contributed by atoms with Gasteiger partial charge in [0.15, 0.2) is 34.8 Å². The first-order valence-corrected chi connectivity index (χ1v) is 14.0. The van der Waals surface area contributed by atoms with Gasteiger partial charge in [0.25, 0.3) is 0 Å². The Morgan fingerprint density at radius 3 is 2.52 bits per heavy atom. The lowest BCUT2D eigenvalue weighted by molar-refractivity contribution is -0.203. The highest BCUT2D eigenvalue weighted by atomic mass is 31.1. The summed E-state index contributed by atoms with van der Waals surface area (Å²) in [4.78, 5) is 23.3. The van der Waals surface area contributed by atoms with Gasteiger partial charge in [-0.25, -0.2) is 15.0 Å². The van der Waals surface area contributed by atoms with Crippen molar-refractivity contribution in [3.8, 4) is 11.4 Å². The summed E-state index contributed by atoms with van der Waals surface area (Å²) in [7, 11) is -2.76. The van der Waals surface area contributed by atoms with Gasteiger partial charge in [0.2, 0.25) is 6.79 Å². The number of rotatable bonds is 10. The van der Waals surface area contributed by atoms with Crippen LogP contribution in [0.4, 0.5) is 5.82 Å². The fraction of sp³-hybridized carbons (Fsp3) is 0.370. The number of nitrogens with one attached hydrogen (secondary N) is 1. The van der Waals surface area contributed by atoms with Crippen molar-refractivity contribution in [1.29, 1.82) is 0 Å². The number of aromatic nitrogens is 4. The van der Waals surface area contributed by atoms with Gasteiger partial charge in [0.05, 0.1) is 12.9 Å². The lowest BCUT2D eigenvalue weighted by Gasteiger charge is -2.24. The van der Waals surface area contributed by atoms with E-state index >= 15 is 0 Å². The molecule has 1 unspecified atom stereocenters. The average molecular weight is 567 g/mol. The first kappa shape index (κ1) is 26.9. The van der Waals surface area contributed by atoms with Gasteiger partial charge >= 0.3 is 8.25 Å². The molecule has 4 heterocycles. The molecule has 5 atom stereocenters. The summed E-state index contributed by atoms with van der Waals surface area (Å²) in [6.45, 7) is 3.96. The summed E-state index contributed by atoms with van der Waals surface area (Å²) in [6.07, 6.45) is -0.415. The Balaban J connectivity index is 1.35. The van der Waals surface area contributed by atoms with Crippen LogP contribution in [-0.2, 0) is 34.6 Å². The summed E-state index contributed by atoms with van der Waals surface area (Å²) in [5.41, 5.74) is 3.13. The van der Waals surface area contributed by atoms with E-state index in [-0.39, 0.29) is 13.4 Å². The molecule has 2 fully saturated rings. The molecule has 0 aliphatic carbocycles. The molecule has 0 amide bonds. The van der Waals surface area contributed by atoms with Gasteiger partial charge in [0, 0.05) is 16.7 Å². The standard InChI is InChI=1S/C27H28N5O7P/c1-27(2)38-21-19(14-35-16-36-40(33)34)37-26(22(21)39-27)32-15-29-20-24(28-13-17-9-5-3-6-10-17)30-23(31-25(20)32)18-11-7-4-8-12-18/h3-12,15,19,21-22,26H,13-14,16H2,1-2H3,(H-,28,30,31,33,34)/p+1/t19-,21-,22-,26-/m1/s1. The Morgan fingerprint density at radius 1 is 1.05 bits per heavy atom. The van der Waals surface area contributed by atoms with Gasteiger partial charge in [-0.3, -0.25) is 4.57 Å². The maximum Gasteiger partial charge on any atom is 0.697 e. The van der Waals surface area contributed by atoms with Crippen molar-refractivity contribution in [2.45, 2.75) is 50.7 Å². The van der Waals surface area contributed by atoms with E-state index in [1.54, 1.807) is 6.33 Å². The van der Waals surface area contributed by atoms with Crippen LogP contribution >= 0.6 is 8.25 Å². The Hall–Kier alpha value is -3.35. The molecule has 2 aliphatic rings. The Morgan fingerprint density at radius 2 is 1.77 bits per heavy atom. The molecule has 40 heavy (non-hydrogen) atoms. The number of nitrogens with zero attached hydrogens (tertiary/aromatic N) is 4. The normalized spacial score (nSPS) is 23.8. The molecular weight excluding hydrogens is 537 g/mol. The minimum Gasteiger partial charge on any atom is -0.364 e. The van der Waals surface area contributed by atoms with Crippen molar-refractivity contribution in [1.82, 2.24) is 19.5 Å². The zero-order valence-electron chi connectivity index (χ0n) is 21.9. The topological polar surface area (TPSA) is 139 Å². The van der Waals surface area contributed by atoms with Gasteiger partial charge in [-0.05, 0) is 19.4 Å². The van der Waals surface area contributed by atoms with Gasteiger partial charge in [-0.2, -0.15) is 0 Å². The quantitative estimate of drug-likeness (QED) is 0.162. The minimum absolute atomic E-state index is 0.0705. The molecule has 13 heteroatoms. The van der Waals surface area contributed by atoms with Crippen LogP contribution in [0.15, 0.2) is 67.0 Å². The van der Waals surface area contributed by atoms with E-state index in [1.165, 1.54) is 0 Å². The van der Waals surface area contributed by atoms with Crippen molar-refractivity contribution in [2.24, 2.45) is 0 Å². The number of anilines is 1. The Bertz CT molecular complexity index is 1490. The average Bonchev–Trinajstić information content (AvgIpc) is 3.61. The van der Waals surface area contributed by atoms with Crippen molar-refractivity contribution in [3.63, 3.8) is 0 Å². The molecule has 0 radical (unpaired) electrons. The van der Waals surface area contributed by atoms with Crippen LogP contribution in [0.5, 0.6) is 0 Å². The van der Waals surface area contributed by atoms with Crippen molar-refractivity contribution in [3.05, 3.63) is 72.6 Å². The highest BCUT2D eigenvalue weighted by Gasteiger charge is 2.56. The third-order valence-corrected chi connectivity index (χ3v) is 7.01. The molecule has 0 spiro atoms. The lowest BCUT2D eigenvalue weighted by Crippen LogP contribution is -2.33. The summed E-state index contributed by atoms with van der Waals surface area (Å²) in [5, 5.41) is 3.43. The maximum atomic E-state index is 10.8. The third kappa shape index (κ3) is 5.61. The molecule has 0 saturated carbocycles. The van der Waals surface area contributed by atoms with E-state index in [0.29, 0.717) is 29.4 Å². The monoisotopic (exact) mass is 566 g/mol. The largest absolute Gasteiger partial charge is 0.697 e. The molecule has 2 aromatic heterocycles. The van der Waals surface area contributed by atoms with E-state index in [4.69, 9.17) is 33.8 Å². The van der Waals surface area contributed by atoms with Gasteiger partial charge in [-0.15, -0.1) is 4.89 Å². The Labute approximate surface area is 231 Å². The van der Waals surface area contributed by atoms with E-state index in [9.17, 15) is 4.57 Å². The van der Waals surface area contributed by atoms with E-state index in [0.717, 1.165) is 11.1 Å². The van der Waals surface area contributed by atoms with Crippen molar-refractivity contribution >= 4 is 25.2 Å². The molecular formula is C27H29N5O7P+. The highest BCUT2D eigenvalue weighted by Crippen LogP contribution is 2.44. The number of fused-ring (bicyclic) bond motifs is 2. The van der Waals surface area contributed by atoms with Crippen LogP contribution in [0.2, 0.25) is 0 Å². The second kappa shape index (κ2) is 11.3. The minimum atomic E-state index is -2.76. The molecule has 12 nitrogen and oxygen atoms in total. The van der Waals surface area contributed by atoms with Crippen molar-refractivity contribution in [2.75, 3.05) is 18.7 Å². The van der Waals surface area contributed by atoms with Crippen LogP contribution < -0.4 is 5.32 Å². The van der Waals surface area contributed by atoms with Crippen LogP contribution in [0.25, 0.3) is 22.6 Å². The van der Waals surface area contributed by atoms with E-state index in [2.05, 4.69) is 14.8 Å². The summed E-state index contributed by atoms with van der Waals surface area (Å²) >= 11 is 0. The predicted octanol–water partition coefficient (Wildman–Crippen LogP) is 4.16. The number of imidazole rings is 1. The second-order valence-electron chi connectivity index (χ2n) is 9.91. The van der Waals surface area contributed by atoms with Gasteiger partial charge < -0.3 is 24.3 Å². The first-order chi connectivity index (χ1) is 19.4. The predicted molar refractivity (Wildman–Crippen MR) is 144 cm³/mol. The number of benzene rings is 2. The zero-order valence-corrected chi connectivity index (χ0v) is 22.8. The Kier molecular flexibility index (Phi) is 7.56. The summed E-state index contributed by atoms with van der Waals surface area (Å²) in [5.74, 6) is 0.294. The molecule has 2 N–H and O–H groups in total. The van der Waals surface area contributed by atoms with Gasteiger partial charge in [-0.1, -0.05) is 65.2 Å². The molecule has 2 aromatic carbocycles. The maximum absolute atomic E-state index is 10.8. The highest BCUT2D eigenvalue weighted by molar-refractivity contribution is 7.32. The molecule has 208 valence electrons. The number of hydrogen-bond donors (Lipinski definition) is 2. The third-order valence-electron chi connectivity index (χ3n) is 6.68. The zero-order chi connectivity index (χ0) is 27.7. The second-order valence-corrected chi connectivity index (χ2v) is 10.6. The van der Waals surface area contributed by atoms with E-state index < -0.39 is 38.6 Å². The SMILES string of the molecule is CC1(C)O[C@@H]2[C@H](O1)[C@@H](COCO[P+](=O)O)O[C@H]2n1cnc2c(NCc3ccccc3)nc(-c3ccccc3)nc21. The number of hydrogen-bond acceptors (Lipinski definition) is 10. The molecule has 2 saturated heterocycles. The van der Waals surface area contributed by atoms with Crippen molar-refractivity contribution < 1.29 is 32.9 Å². The summed E-state index contributed by atoms with van der Waals surface area (Å²) < 4.78 is 41.5. The fourth-order valence-corrected chi connectivity index (χ4v) is 5.15. The van der Waals surface area contributed by atoms with E-state index in [1.807, 2.05) is 79.1 Å². The fourth-order valence-electron chi connectivity index (χ4n) is 4.99.